The van der Waals surface area contributed by atoms with Gasteiger partial charge in [0.25, 0.3) is 0 Å². The number of benzene rings is 1. The average molecular weight is 280 g/mol. The number of aliphatic hydroxyl groups excluding tert-OH is 1. The summed E-state index contributed by atoms with van der Waals surface area (Å²) < 4.78 is 6.17. The van der Waals surface area contributed by atoms with Crippen molar-refractivity contribution in [2.45, 2.75) is 58.4 Å². The SMILES string of the molecule is CC(O)c1ccc(CCO[Si](C)(C)C(C)(C)C)cc1. The van der Waals surface area contributed by atoms with E-state index in [1.54, 1.807) is 6.92 Å². The van der Waals surface area contributed by atoms with E-state index in [0.29, 0.717) is 0 Å². The summed E-state index contributed by atoms with van der Waals surface area (Å²) in [5, 5.41) is 9.73. The topological polar surface area (TPSA) is 29.5 Å². The third-order valence-corrected chi connectivity index (χ3v) is 8.66. The normalized spacial score (nSPS) is 14.5. The first-order chi connectivity index (χ1) is 8.63. The fraction of sp³-hybridized carbons (Fsp3) is 0.625. The summed E-state index contributed by atoms with van der Waals surface area (Å²) in [7, 11) is -1.63. The maximum absolute atomic E-state index is 9.47. The van der Waals surface area contributed by atoms with Crippen LogP contribution in [0.5, 0.6) is 0 Å². The van der Waals surface area contributed by atoms with Gasteiger partial charge in [-0.2, -0.15) is 0 Å². The van der Waals surface area contributed by atoms with E-state index >= 15 is 0 Å². The molecule has 0 saturated heterocycles. The summed E-state index contributed by atoms with van der Waals surface area (Å²) in [4.78, 5) is 0. The van der Waals surface area contributed by atoms with Crippen molar-refractivity contribution in [2.24, 2.45) is 0 Å². The van der Waals surface area contributed by atoms with E-state index in [2.05, 4.69) is 46.0 Å². The lowest BCUT2D eigenvalue weighted by atomic mass is 10.1. The number of hydrogen-bond acceptors (Lipinski definition) is 2. The molecular formula is C16H28O2Si. The van der Waals surface area contributed by atoms with Crippen molar-refractivity contribution in [3.8, 4) is 0 Å². The van der Waals surface area contributed by atoms with Crippen LogP contribution in [0.1, 0.15) is 44.9 Å². The average Bonchev–Trinajstić information content (AvgIpc) is 2.28. The Kier molecular flexibility index (Phi) is 5.36. The summed E-state index contributed by atoms with van der Waals surface area (Å²) in [6, 6.07) is 8.15. The maximum atomic E-state index is 9.47. The molecule has 1 atom stereocenters. The number of rotatable bonds is 5. The zero-order chi connectivity index (χ0) is 14.7. The van der Waals surface area contributed by atoms with Gasteiger partial charge in [0.1, 0.15) is 0 Å². The monoisotopic (exact) mass is 280 g/mol. The highest BCUT2D eigenvalue weighted by Gasteiger charge is 2.36. The van der Waals surface area contributed by atoms with Crippen LogP contribution in [0.3, 0.4) is 0 Å². The van der Waals surface area contributed by atoms with Crippen molar-refractivity contribution in [1.29, 1.82) is 0 Å². The van der Waals surface area contributed by atoms with Gasteiger partial charge in [-0.15, -0.1) is 0 Å². The molecule has 0 aliphatic rings. The molecule has 3 heteroatoms. The molecule has 2 nitrogen and oxygen atoms in total. The van der Waals surface area contributed by atoms with Crippen LogP contribution in [0.15, 0.2) is 24.3 Å². The fourth-order valence-electron chi connectivity index (χ4n) is 1.60. The van der Waals surface area contributed by atoms with E-state index in [4.69, 9.17) is 4.43 Å². The van der Waals surface area contributed by atoms with Gasteiger partial charge >= 0.3 is 0 Å². The summed E-state index contributed by atoms with van der Waals surface area (Å²) >= 11 is 0. The first-order valence-corrected chi connectivity index (χ1v) is 9.95. The molecule has 1 N–H and O–H groups in total. The molecule has 0 aliphatic carbocycles. The van der Waals surface area contributed by atoms with Crippen molar-refractivity contribution < 1.29 is 9.53 Å². The van der Waals surface area contributed by atoms with E-state index < -0.39 is 14.4 Å². The van der Waals surface area contributed by atoms with Gasteiger partial charge in [0, 0.05) is 6.61 Å². The molecule has 108 valence electrons. The summed E-state index contributed by atoms with van der Waals surface area (Å²) in [6.45, 7) is 13.9. The number of hydrogen-bond donors (Lipinski definition) is 1. The molecule has 1 aromatic carbocycles. The van der Waals surface area contributed by atoms with Crippen LogP contribution in [0.2, 0.25) is 18.1 Å². The second kappa shape index (κ2) is 6.20. The minimum absolute atomic E-state index is 0.267. The molecule has 1 unspecified atom stereocenters. The second-order valence-electron chi connectivity index (χ2n) is 6.78. The third-order valence-electron chi connectivity index (χ3n) is 4.12. The lowest BCUT2D eigenvalue weighted by Gasteiger charge is -2.36. The highest BCUT2D eigenvalue weighted by Crippen LogP contribution is 2.36. The van der Waals surface area contributed by atoms with Crippen LogP contribution < -0.4 is 0 Å². The molecule has 0 aliphatic heterocycles. The van der Waals surface area contributed by atoms with E-state index in [1.807, 2.05) is 12.1 Å². The van der Waals surface area contributed by atoms with Gasteiger partial charge in [-0.3, -0.25) is 0 Å². The molecule has 0 spiro atoms. The van der Waals surface area contributed by atoms with Crippen molar-refractivity contribution in [3.63, 3.8) is 0 Å². The van der Waals surface area contributed by atoms with E-state index in [1.165, 1.54) is 5.56 Å². The Hall–Kier alpha value is -0.643. The van der Waals surface area contributed by atoms with Gasteiger partial charge < -0.3 is 9.53 Å². The van der Waals surface area contributed by atoms with Crippen molar-refractivity contribution >= 4 is 8.32 Å². The molecule has 1 aromatic rings. The van der Waals surface area contributed by atoms with Gasteiger partial charge in [-0.1, -0.05) is 45.0 Å². The minimum atomic E-state index is -1.63. The molecule has 0 aromatic heterocycles. The lowest BCUT2D eigenvalue weighted by Crippen LogP contribution is -2.41. The first-order valence-electron chi connectivity index (χ1n) is 7.04. The zero-order valence-corrected chi connectivity index (χ0v) is 14.2. The Morgan fingerprint density at radius 2 is 1.68 bits per heavy atom. The van der Waals surface area contributed by atoms with Crippen molar-refractivity contribution in [2.75, 3.05) is 6.61 Å². The highest BCUT2D eigenvalue weighted by atomic mass is 28.4. The van der Waals surface area contributed by atoms with Gasteiger partial charge in [-0.05, 0) is 42.6 Å². The van der Waals surface area contributed by atoms with Gasteiger partial charge in [-0.25, -0.2) is 0 Å². The van der Waals surface area contributed by atoms with Crippen LogP contribution in [0.25, 0.3) is 0 Å². The fourth-order valence-corrected chi connectivity index (χ4v) is 2.65. The van der Waals surface area contributed by atoms with E-state index in [0.717, 1.165) is 18.6 Å². The predicted molar refractivity (Wildman–Crippen MR) is 83.9 cm³/mol. The molecule has 0 radical (unpaired) electrons. The Labute approximate surface area is 118 Å². The van der Waals surface area contributed by atoms with Gasteiger partial charge in [0.05, 0.1) is 6.10 Å². The quantitative estimate of drug-likeness (QED) is 0.815. The predicted octanol–water partition coefficient (Wildman–Crippen LogP) is 4.30. The molecule has 0 fully saturated rings. The highest BCUT2D eigenvalue weighted by molar-refractivity contribution is 6.74. The van der Waals surface area contributed by atoms with Gasteiger partial charge in [0.2, 0.25) is 0 Å². The Morgan fingerprint density at radius 1 is 1.16 bits per heavy atom. The summed E-state index contributed by atoms with van der Waals surface area (Å²) in [5.74, 6) is 0. The summed E-state index contributed by atoms with van der Waals surface area (Å²) in [6.07, 6.45) is 0.546. The second-order valence-corrected chi connectivity index (χ2v) is 11.6. The molecule has 19 heavy (non-hydrogen) atoms. The maximum Gasteiger partial charge on any atom is 0.191 e. The number of aliphatic hydroxyl groups is 1. The summed E-state index contributed by atoms with van der Waals surface area (Å²) in [5.41, 5.74) is 2.23. The van der Waals surface area contributed by atoms with Crippen LogP contribution in [0.4, 0.5) is 0 Å². The zero-order valence-electron chi connectivity index (χ0n) is 13.2. The van der Waals surface area contributed by atoms with Crippen molar-refractivity contribution in [3.05, 3.63) is 35.4 Å². The molecular weight excluding hydrogens is 252 g/mol. The third kappa shape index (κ3) is 4.75. The Bertz CT molecular complexity index is 388. The lowest BCUT2D eigenvalue weighted by molar-refractivity contribution is 0.199. The van der Waals surface area contributed by atoms with E-state index in [9.17, 15) is 5.11 Å². The molecule has 0 amide bonds. The first kappa shape index (κ1) is 16.4. The Morgan fingerprint density at radius 3 is 2.11 bits per heavy atom. The standard InChI is InChI=1S/C16H28O2Si/c1-13(17)15-9-7-14(8-10-15)11-12-18-19(5,6)16(2,3)4/h7-10,13,17H,11-12H2,1-6H3. The smallest absolute Gasteiger partial charge is 0.191 e. The van der Waals surface area contributed by atoms with Gasteiger partial charge in [0.15, 0.2) is 8.32 Å². The van der Waals surface area contributed by atoms with Crippen LogP contribution in [-0.2, 0) is 10.8 Å². The van der Waals surface area contributed by atoms with Crippen molar-refractivity contribution in [1.82, 2.24) is 0 Å². The largest absolute Gasteiger partial charge is 0.416 e. The molecule has 0 saturated carbocycles. The van der Waals surface area contributed by atoms with Crippen LogP contribution in [0, 0.1) is 0 Å². The molecule has 0 bridgehead atoms. The molecule has 0 heterocycles. The minimum Gasteiger partial charge on any atom is -0.416 e. The van der Waals surface area contributed by atoms with E-state index in [-0.39, 0.29) is 5.04 Å². The van der Waals surface area contributed by atoms with Crippen LogP contribution in [-0.4, -0.2) is 20.0 Å². The molecule has 1 rings (SSSR count). The Balaban J connectivity index is 2.50. The van der Waals surface area contributed by atoms with Crippen LogP contribution >= 0.6 is 0 Å².